The Labute approximate surface area is 78.3 Å². The lowest BCUT2D eigenvalue weighted by atomic mass is 9.98. The molecule has 0 amide bonds. The Morgan fingerprint density at radius 1 is 1.00 bits per heavy atom. The molecule has 2 rings (SSSR count). The Hall–Kier alpha value is 0.580. The molecule has 0 N–H and O–H groups in total. The van der Waals surface area contributed by atoms with E-state index < -0.39 is 0 Å². The van der Waals surface area contributed by atoms with Crippen molar-refractivity contribution in [3.05, 3.63) is 0 Å². The van der Waals surface area contributed by atoms with Crippen molar-refractivity contribution in [1.29, 1.82) is 0 Å². The first-order valence-corrected chi connectivity index (χ1v) is 5.34. The van der Waals surface area contributed by atoms with Crippen LogP contribution in [0.5, 0.6) is 0 Å². The van der Waals surface area contributed by atoms with Crippen molar-refractivity contribution in [1.82, 2.24) is 0 Å². The fraction of sp³-hybridized carbons (Fsp3) is 1.00. The Morgan fingerprint density at radius 2 is 1.36 bits per heavy atom. The van der Waals surface area contributed by atoms with Crippen LogP contribution in [0.2, 0.25) is 0 Å². The van der Waals surface area contributed by atoms with E-state index in [-0.39, 0.29) is 10.8 Å². The van der Waals surface area contributed by atoms with Crippen molar-refractivity contribution in [3.8, 4) is 0 Å². The van der Waals surface area contributed by atoms with Crippen LogP contribution in [0.25, 0.3) is 0 Å². The Bertz CT molecular complexity index is 158. The molecule has 2 heteroatoms. The highest BCUT2D eigenvalue weighted by Crippen LogP contribution is 2.76. The summed E-state index contributed by atoms with van der Waals surface area (Å²) in [5.74, 6) is 1.50. The van der Waals surface area contributed by atoms with Gasteiger partial charge >= 0.3 is 0 Å². The third kappa shape index (κ3) is 0.734. The fourth-order valence-electron chi connectivity index (χ4n) is 3.03. The summed E-state index contributed by atoms with van der Waals surface area (Å²) in [7, 11) is 0. The molecular weight excluding hydrogens is 179 g/mol. The summed E-state index contributed by atoms with van der Waals surface area (Å²) in [4.78, 5) is 0. The summed E-state index contributed by atoms with van der Waals surface area (Å²) in [5, 5.41) is 0.531. The number of hydrogen-bond acceptors (Lipinski definition) is 0. The molecule has 0 aromatic rings. The summed E-state index contributed by atoms with van der Waals surface area (Å²) >= 11 is 12.2. The quantitative estimate of drug-likeness (QED) is 0.590. The van der Waals surface area contributed by atoms with Gasteiger partial charge in [-0.2, -0.15) is 0 Å². The van der Waals surface area contributed by atoms with Crippen LogP contribution in [-0.2, 0) is 0 Å². The van der Waals surface area contributed by atoms with Gasteiger partial charge in [0.1, 0.15) is 0 Å². The van der Waals surface area contributed by atoms with Crippen molar-refractivity contribution in [2.75, 3.05) is 0 Å². The molecule has 2 aliphatic rings. The summed E-state index contributed by atoms with van der Waals surface area (Å²) in [6.45, 7) is 4.52. The van der Waals surface area contributed by atoms with Gasteiger partial charge in [0.2, 0.25) is 0 Å². The van der Waals surface area contributed by atoms with Crippen molar-refractivity contribution in [2.24, 2.45) is 17.3 Å². The maximum absolute atomic E-state index is 6.10. The summed E-state index contributed by atoms with van der Waals surface area (Å²) < 4.78 is 0. The molecule has 2 aliphatic carbocycles. The van der Waals surface area contributed by atoms with Crippen molar-refractivity contribution >= 4 is 23.2 Å². The van der Waals surface area contributed by atoms with Crippen LogP contribution in [-0.4, -0.2) is 10.8 Å². The molecule has 0 radical (unpaired) electrons. The number of halogens is 2. The van der Waals surface area contributed by atoms with Gasteiger partial charge in [-0.25, -0.2) is 0 Å². The zero-order valence-corrected chi connectivity index (χ0v) is 8.49. The predicted molar refractivity (Wildman–Crippen MR) is 49.3 cm³/mol. The van der Waals surface area contributed by atoms with Crippen LogP contribution < -0.4 is 0 Å². The molecule has 4 unspecified atom stereocenters. The molecule has 0 aliphatic heterocycles. The Balaban J connectivity index is 2.11. The maximum Gasteiger partial charge on any atom is 0.0539 e. The predicted octanol–water partition coefficient (Wildman–Crippen LogP) is 3.27. The third-order valence-electron chi connectivity index (χ3n) is 3.91. The highest BCUT2D eigenvalue weighted by atomic mass is 35.5. The second kappa shape index (κ2) is 2.29. The molecular formula is C9H14Cl2. The molecule has 0 aromatic carbocycles. The minimum Gasteiger partial charge on any atom is -0.121 e. The van der Waals surface area contributed by atoms with Gasteiger partial charge in [0.25, 0.3) is 0 Å². The number of hydrogen-bond donors (Lipinski definition) is 0. The summed E-state index contributed by atoms with van der Waals surface area (Å²) in [5.41, 5.74) is 0.541. The van der Waals surface area contributed by atoms with E-state index in [1.165, 1.54) is 12.8 Å². The zero-order valence-electron chi connectivity index (χ0n) is 6.98. The van der Waals surface area contributed by atoms with Crippen molar-refractivity contribution < 1.29 is 0 Å². The third-order valence-corrected chi connectivity index (χ3v) is 5.13. The van der Waals surface area contributed by atoms with Crippen LogP contribution in [0, 0.1) is 17.3 Å². The van der Waals surface area contributed by atoms with E-state index in [1.54, 1.807) is 0 Å². The molecule has 0 aromatic heterocycles. The van der Waals surface area contributed by atoms with Crippen LogP contribution in [0.4, 0.5) is 0 Å². The van der Waals surface area contributed by atoms with Gasteiger partial charge in [0, 0.05) is 0 Å². The van der Waals surface area contributed by atoms with Gasteiger partial charge in [0.15, 0.2) is 0 Å². The molecule has 2 fully saturated rings. The standard InChI is InChI=1S/C9H14Cl2/c1-3-9(4-2)5-6(9)8(11)7(5)10/h5-8H,3-4H2,1-2H3. The molecule has 0 nitrogen and oxygen atoms in total. The summed E-state index contributed by atoms with van der Waals surface area (Å²) in [6.07, 6.45) is 2.51. The topological polar surface area (TPSA) is 0 Å². The van der Waals surface area contributed by atoms with Crippen LogP contribution in [0.1, 0.15) is 26.7 Å². The monoisotopic (exact) mass is 192 g/mol. The van der Waals surface area contributed by atoms with Crippen LogP contribution in [0.15, 0.2) is 0 Å². The first-order valence-electron chi connectivity index (χ1n) is 4.47. The molecule has 0 bridgehead atoms. The van der Waals surface area contributed by atoms with E-state index in [9.17, 15) is 0 Å². The van der Waals surface area contributed by atoms with Gasteiger partial charge in [-0.15, -0.1) is 23.2 Å². The highest BCUT2D eigenvalue weighted by Gasteiger charge is 2.76. The number of fused-ring (bicyclic) bond motifs is 1. The largest absolute Gasteiger partial charge is 0.121 e. The molecule has 11 heavy (non-hydrogen) atoms. The molecule has 2 saturated carbocycles. The van der Waals surface area contributed by atoms with Crippen LogP contribution in [0.3, 0.4) is 0 Å². The van der Waals surface area contributed by atoms with Crippen LogP contribution >= 0.6 is 23.2 Å². The van der Waals surface area contributed by atoms with Gasteiger partial charge in [0.05, 0.1) is 10.8 Å². The van der Waals surface area contributed by atoms with Gasteiger partial charge < -0.3 is 0 Å². The zero-order chi connectivity index (χ0) is 8.22. The first-order chi connectivity index (χ1) is 5.19. The fourth-order valence-corrected chi connectivity index (χ4v) is 4.16. The Kier molecular flexibility index (Phi) is 1.71. The van der Waals surface area contributed by atoms with E-state index in [0.29, 0.717) is 5.41 Å². The van der Waals surface area contributed by atoms with Crippen molar-refractivity contribution in [2.45, 2.75) is 37.4 Å². The van der Waals surface area contributed by atoms with E-state index in [4.69, 9.17) is 23.2 Å². The minimum atomic E-state index is 0.265. The van der Waals surface area contributed by atoms with E-state index >= 15 is 0 Å². The average molecular weight is 193 g/mol. The first kappa shape index (κ1) is 8.19. The highest BCUT2D eigenvalue weighted by molar-refractivity contribution is 6.32. The lowest BCUT2D eigenvalue weighted by molar-refractivity contribution is 0.431. The molecule has 64 valence electrons. The second-order valence-corrected chi connectivity index (χ2v) is 4.89. The maximum atomic E-state index is 6.10. The number of alkyl halides is 2. The molecule has 0 heterocycles. The van der Waals surface area contributed by atoms with Crippen molar-refractivity contribution in [3.63, 3.8) is 0 Å². The van der Waals surface area contributed by atoms with E-state index in [2.05, 4.69) is 13.8 Å². The molecule has 0 spiro atoms. The smallest absolute Gasteiger partial charge is 0.0539 e. The SMILES string of the molecule is CCC1(CC)C2C(Cl)C(Cl)C21. The van der Waals surface area contributed by atoms with E-state index in [1.807, 2.05) is 0 Å². The van der Waals surface area contributed by atoms with Gasteiger partial charge in [-0.1, -0.05) is 13.8 Å². The Morgan fingerprint density at radius 3 is 1.55 bits per heavy atom. The van der Waals surface area contributed by atoms with Gasteiger partial charge in [-0.3, -0.25) is 0 Å². The second-order valence-electron chi connectivity index (χ2n) is 3.88. The van der Waals surface area contributed by atoms with Gasteiger partial charge in [-0.05, 0) is 30.1 Å². The van der Waals surface area contributed by atoms with E-state index in [0.717, 1.165) is 11.8 Å². The molecule has 4 atom stereocenters. The normalized spacial score (nSPS) is 51.3. The minimum absolute atomic E-state index is 0.265. The number of rotatable bonds is 2. The lowest BCUT2D eigenvalue weighted by Crippen LogP contribution is -2.30. The average Bonchev–Trinajstić information content (AvgIpc) is 2.69. The lowest BCUT2D eigenvalue weighted by Gasteiger charge is -2.23. The molecule has 0 saturated heterocycles. The summed E-state index contributed by atoms with van der Waals surface area (Å²) in [6, 6.07) is 0.